The number of ether oxygens (including phenoxy) is 2. The zero-order chi connectivity index (χ0) is 19.2. The first-order valence-corrected chi connectivity index (χ1v) is 9.29. The Hall–Kier alpha value is -2.81. The lowest BCUT2D eigenvalue weighted by molar-refractivity contribution is -0.120. The highest BCUT2D eigenvalue weighted by Crippen LogP contribution is 2.28. The fraction of sp³-hybridized carbons (Fsp3) is 0.333. The summed E-state index contributed by atoms with van der Waals surface area (Å²) in [5, 5.41) is 3.37. The van der Waals surface area contributed by atoms with E-state index in [0.717, 1.165) is 11.1 Å². The number of carbonyl (C=O) groups is 1. The molecule has 0 aliphatic carbocycles. The van der Waals surface area contributed by atoms with E-state index in [1.165, 1.54) is 18.1 Å². The fourth-order valence-electron chi connectivity index (χ4n) is 2.56. The number of imidazole rings is 1. The topological polar surface area (TPSA) is 102 Å². The van der Waals surface area contributed by atoms with E-state index in [1.54, 1.807) is 20.5 Å². The van der Waals surface area contributed by atoms with E-state index in [2.05, 4.69) is 25.3 Å². The number of aromatic amines is 1. The molecular formula is C18H21N5O3S. The van der Waals surface area contributed by atoms with Crippen molar-refractivity contribution in [1.29, 1.82) is 0 Å². The monoisotopic (exact) mass is 387 g/mol. The first-order valence-electron chi connectivity index (χ1n) is 8.41. The van der Waals surface area contributed by atoms with Crippen molar-refractivity contribution in [3.05, 3.63) is 36.4 Å². The fourth-order valence-corrected chi connectivity index (χ4v) is 3.46. The average Bonchev–Trinajstić information content (AvgIpc) is 3.17. The van der Waals surface area contributed by atoms with Gasteiger partial charge in [0.1, 0.15) is 16.9 Å². The second kappa shape index (κ2) is 8.72. The number of benzene rings is 1. The molecule has 0 fully saturated rings. The van der Waals surface area contributed by atoms with Crippen LogP contribution in [0.5, 0.6) is 11.5 Å². The number of H-pyrrole nitrogens is 1. The summed E-state index contributed by atoms with van der Waals surface area (Å²) in [6, 6.07) is 5.74. The van der Waals surface area contributed by atoms with Crippen LogP contribution in [0.15, 0.2) is 35.9 Å². The number of hydrogen-bond acceptors (Lipinski definition) is 7. The van der Waals surface area contributed by atoms with Crippen molar-refractivity contribution >= 4 is 28.8 Å². The van der Waals surface area contributed by atoms with Gasteiger partial charge >= 0.3 is 0 Å². The summed E-state index contributed by atoms with van der Waals surface area (Å²) in [6.07, 6.45) is 3.71. The zero-order valence-electron chi connectivity index (χ0n) is 15.4. The van der Waals surface area contributed by atoms with Gasteiger partial charge in [-0.05, 0) is 31.0 Å². The molecule has 8 nitrogen and oxygen atoms in total. The van der Waals surface area contributed by atoms with Gasteiger partial charge in [0.05, 0.1) is 25.8 Å². The van der Waals surface area contributed by atoms with Crippen LogP contribution >= 0.6 is 11.8 Å². The first-order chi connectivity index (χ1) is 13.1. The van der Waals surface area contributed by atoms with E-state index in [1.807, 2.05) is 25.1 Å². The Kier molecular flexibility index (Phi) is 6.12. The number of hydrogen-bond donors (Lipinski definition) is 2. The number of amides is 1. The maximum atomic E-state index is 12.4. The van der Waals surface area contributed by atoms with Crippen LogP contribution in [0.4, 0.5) is 0 Å². The van der Waals surface area contributed by atoms with Crippen LogP contribution in [0.2, 0.25) is 0 Å². The lowest BCUT2D eigenvalue weighted by atomic mass is 10.1. The molecule has 2 N–H and O–H groups in total. The number of fused-ring (bicyclic) bond motifs is 1. The molecule has 0 spiro atoms. The van der Waals surface area contributed by atoms with Crippen molar-refractivity contribution in [1.82, 2.24) is 25.3 Å². The van der Waals surface area contributed by atoms with E-state index < -0.39 is 0 Å². The maximum absolute atomic E-state index is 12.4. The molecule has 1 atom stereocenters. The molecule has 3 aromatic rings. The predicted octanol–water partition coefficient (Wildman–Crippen LogP) is 2.21. The van der Waals surface area contributed by atoms with Crippen molar-refractivity contribution in [2.24, 2.45) is 0 Å². The Labute approximate surface area is 161 Å². The molecule has 2 aromatic heterocycles. The molecule has 1 aromatic carbocycles. The Morgan fingerprint density at radius 1 is 1.22 bits per heavy atom. The number of thioether (sulfide) groups is 1. The van der Waals surface area contributed by atoms with Crippen molar-refractivity contribution in [2.75, 3.05) is 20.8 Å². The zero-order valence-corrected chi connectivity index (χ0v) is 16.2. The average molecular weight is 387 g/mol. The van der Waals surface area contributed by atoms with Crippen LogP contribution in [-0.2, 0) is 11.2 Å². The number of carbonyl (C=O) groups excluding carboxylic acids is 1. The lowest BCUT2D eigenvalue weighted by Crippen LogP contribution is -2.32. The molecule has 9 heteroatoms. The number of nitrogens with zero attached hydrogens (tertiary/aromatic N) is 3. The quantitative estimate of drug-likeness (QED) is 0.451. The van der Waals surface area contributed by atoms with Gasteiger partial charge in [0.2, 0.25) is 5.91 Å². The minimum absolute atomic E-state index is 0.0493. The van der Waals surface area contributed by atoms with Crippen LogP contribution in [0.3, 0.4) is 0 Å². The van der Waals surface area contributed by atoms with Crippen molar-refractivity contribution in [2.45, 2.75) is 23.6 Å². The third-order valence-electron chi connectivity index (χ3n) is 4.01. The van der Waals surface area contributed by atoms with Gasteiger partial charge in [0.15, 0.2) is 17.1 Å². The molecule has 0 bridgehead atoms. The summed E-state index contributed by atoms with van der Waals surface area (Å²) in [5.74, 6) is 1.31. The standard InChI is InChI=1S/C18H21N5O3S/c1-11(27-18-15-16(21-9-20-15)22-10-23-18)17(24)19-7-6-12-4-5-13(25-2)14(8-12)26-3/h4-5,8-11H,6-7H2,1-3H3,(H,19,24)(H,20,21,22,23)/t11-/m0/s1. The Morgan fingerprint density at radius 2 is 2.04 bits per heavy atom. The maximum Gasteiger partial charge on any atom is 0.233 e. The van der Waals surface area contributed by atoms with Gasteiger partial charge in [-0.3, -0.25) is 4.79 Å². The number of nitrogens with one attached hydrogen (secondary N) is 2. The summed E-state index contributed by atoms with van der Waals surface area (Å²) >= 11 is 1.37. The van der Waals surface area contributed by atoms with Crippen molar-refractivity contribution < 1.29 is 14.3 Å². The van der Waals surface area contributed by atoms with Crippen molar-refractivity contribution in [3.8, 4) is 11.5 Å². The molecule has 0 saturated heterocycles. The minimum atomic E-state index is -0.295. The third kappa shape index (κ3) is 4.48. The lowest BCUT2D eigenvalue weighted by Gasteiger charge is -2.13. The Balaban J connectivity index is 1.54. The molecule has 27 heavy (non-hydrogen) atoms. The van der Waals surface area contributed by atoms with E-state index in [9.17, 15) is 4.79 Å². The summed E-state index contributed by atoms with van der Waals surface area (Å²) < 4.78 is 10.5. The number of aromatic nitrogens is 4. The highest BCUT2D eigenvalue weighted by Gasteiger charge is 2.17. The molecule has 0 aliphatic rings. The summed E-state index contributed by atoms with van der Waals surface area (Å²) in [6.45, 7) is 2.38. The minimum Gasteiger partial charge on any atom is -0.493 e. The molecule has 2 heterocycles. The normalized spacial score (nSPS) is 12.0. The van der Waals surface area contributed by atoms with Gasteiger partial charge in [0.25, 0.3) is 0 Å². The summed E-state index contributed by atoms with van der Waals surface area (Å²) in [5.41, 5.74) is 2.39. The largest absolute Gasteiger partial charge is 0.493 e. The predicted molar refractivity (Wildman–Crippen MR) is 103 cm³/mol. The van der Waals surface area contributed by atoms with Gasteiger partial charge in [-0.2, -0.15) is 0 Å². The number of methoxy groups -OCH3 is 2. The smallest absolute Gasteiger partial charge is 0.233 e. The summed E-state index contributed by atoms with van der Waals surface area (Å²) in [7, 11) is 3.21. The van der Waals surface area contributed by atoms with Crippen LogP contribution in [-0.4, -0.2) is 51.9 Å². The van der Waals surface area contributed by atoms with E-state index in [0.29, 0.717) is 35.1 Å². The molecule has 0 saturated carbocycles. The molecule has 0 unspecified atom stereocenters. The van der Waals surface area contributed by atoms with Crippen molar-refractivity contribution in [3.63, 3.8) is 0 Å². The highest BCUT2D eigenvalue weighted by molar-refractivity contribution is 8.00. The second-order valence-electron chi connectivity index (χ2n) is 5.77. The molecule has 0 radical (unpaired) electrons. The van der Waals surface area contributed by atoms with Crippen LogP contribution in [0.25, 0.3) is 11.2 Å². The van der Waals surface area contributed by atoms with Gasteiger partial charge in [-0.15, -0.1) is 0 Å². The highest BCUT2D eigenvalue weighted by atomic mass is 32.2. The van der Waals surface area contributed by atoms with E-state index in [-0.39, 0.29) is 11.2 Å². The Bertz CT molecular complexity index is 930. The molecule has 1 amide bonds. The van der Waals surface area contributed by atoms with Gasteiger partial charge in [-0.25, -0.2) is 15.0 Å². The van der Waals surface area contributed by atoms with Crippen LogP contribution < -0.4 is 14.8 Å². The van der Waals surface area contributed by atoms with Crippen LogP contribution in [0, 0.1) is 0 Å². The first kappa shape index (κ1) is 19.0. The van der Waals surface area contributed by atoms with Crippen LogP contribution in [0.1, 0.15) is 12.5 Å². The van der Waals surface area contributed by atoms with Gasteiger partial charge < -0.3 is 19.8 Å². The summed E-state index contributed by atoms with van der Waals surface area (Å²) in [4.78, 5) is 27.8. The van der Waals surface area contributed by atoms with E-state index >= 15 is 0 Å². The molecule has 0 aliphatic heterocycles. The van der Waals surface area contributed by atoms with E-state index in [4.69, 9.17) is 9.47 Å². The second-order valence-corrected chi connectivity index (χ2v) is 7.10. The Morgan fingerprint density at radius 3 is 2.81 bits per heavy atom. The van der Waals surface area contributed by atoms with Gasteiger partial charge in [-0.1, -0.05) is 17.8 Å². The number of rotatable bonds is 8. The third-order valence-corrected chi connectivity index (χ3v) is 5.11. The molecule has 3 rings (SSSR count). The SMILES string of the molecule is COc1ccc(CCNC(=O)[C@H](C)Sc2ncnc3nc[nH]c23)cc1OC. The molecule has 142 valence electrons. The molecular weight excluding hydrogens is 366 g/mol. The van der Waals surface area contributed by atoms with Gasteiger partial charge in [0, 0.05) is 6.54 Å².